The summed E-state index contributed by atoms with van der Waals surface area (Å²) >= 11 is 0. The van der Waals surface area contributed by atoms with Crippen LogP contribution in [0.3, 0.4) is 0 Å². The lowest BCUT2D eigenvalue weighted by Crippen LogP contribution is -2.61. The van der Waals surface area contributed by atoms with Gasteiger partial charge in [0.05, 0.1) is 6.61 Å². The highest BCUT2D eigenvalue weighted by molar-refractivity contribution is 5.83. The predicted octanol–water partition coefficient (Wildman–Crippen LogP) is 0.556. The Morgan fingerprint density at radius 3 is 2.62 bits per heavy atom. The van der Waals surface area contributed by atoms with Crippen molar-refractivity contribution in [2.24, 2.45) is 5.92 Å². The average Bonchev–Trinajstić information content (AvgIpc) is 2.16. The van der Waals surface area contributed by atoms with E-state index in [4.69, 9.17) is 0 Å². The fourth-order valence-corrected chi connectivity index (χ4v) is 2.19. The maximum absolute atomic E-state index is 12.1. The van der Waals surface area contributed by atoms with Gasteiger partial charge in [0.1, 0.15) is 6.04 Å². The number of nitrogens with zero attached hydrogens (tertiary/aromatic N) is 2. The molecule has 2 unspecified atom stereocenters. The second-order valence-corrected chi connectivity index (χ2v) is 5.20. The van der Waals surface area contributed by atoms with Gasteiger partial charge in [0.15, 0.2) is 0 Å². The molecule has 1 amide bonds. The molecule has 94 valence electrons. The van der Waals surface area contributed by atoms with Crippen LogP contribution in [0, 0.1) is 5.92 Å². The molecule has 16 heavy (non-hydrogen) atoms. The average molecular weight is 228 g/mol. The van der Waals surface area contributed by atoms with Crippen LogP contribution in [0.1, 0.15) is 27.2 Å². The number of rotatable bonds is 4. The van der Waals surface area contributed by atoms with Crippen LogP contribution in [0.4, 0.5) is 0 Å². The van der Waals surface area contributed by atoms with E-state index in [-0.39, 0.29) is 24.6 Å². The molecular weight excluding hydrogens is 204 g/mol. The molecule has 0 bridgehead atoms. The van der Waals surface area contributed by atoms with E-state index >= 15 is 0 Å². The van der Waals surface area contributed by atoms with Crippen LogP contribution >= 0.6 is 0 Å². The van der Waals surface area contributed by atoms with Crippen LogP contribution in [-0.4, -0.2) is 59.6 Å². The maximum atomic E-state index is 12.1. The number of likely N-dealkylation sites (N-methyl/N-ethyl adjacent to an activating group) is 1. The molecule has 1 N–H and O–H groups in total. The van der Waals surface area contributed by atoms with Crippen molar-refractivity contribution >= 4 is 5.91 Å². The van der Waals surface area contributed by atoms with Crippen molar-refractivity contribution < 1.29 is 9.90 Å². The predicted molar refractivity (Wildman–Crippen MR) is 64.1 cm³/mol. The summed E-state index contributed by atoms with van der Waals surface area (Å²) < 4.78 is 0. The molecule has 4 heteroatoms. The fourth-order valence-electron chi connectivity index (χ4n) is 2.19. The van der Waals surface area contributed by atoms with Gasteiger partial charge in [0.2, 0.25) is 5.91 Å². The molecule has 1 saturated heterocycles. The third-order valence-electron chi connectivity index (χ3n) is 3.30. The molecule has 4 nitrogen and oxygen atoms in total. The van der Waals surface area contributed by atoms with Crippen molar-refractivity contribution in [3.63, 3.8) is 0 Å². The summed E-state index contributed by atoms with van der Waals surface area (Å²) in [5.74, 6) is 0.677. The number of aliphatic hydroxyl groups excluding tert-OH is 1. The lowest BCUT2D eigenvalue weighted by atomic mass is 10.0. The topological polar surface area (TPSA) is 43.8 Å². The summed E-state index contributed by atoms with van der Waals surface area (Å²) in [5.41, 5.74) is 0. The van der Waals surface area contributed by atoms with Gasteiger partial charge >= 0.3 is 0 Å². The summed E-state index contributed by atoms with van der Waals surface area (Å²) in [4.78, 5) is 16.0. The van der Waals surface area contributed by atoms with Gasteiger partial charge in [0.25, 0.3) is 0 Å². The van der Waals surface area contributed by atoms with E-state index in [1.807, 2.05) is 16.8 Å². The van der Waals surface area contributed by atoms with Gasteiger partial charge in [-0.05, 0) is 26.3 Å². The van der Waals surface area contributed by atoms with Crippen molar-refractivity contribution in [2.45, 2.75) is 39.3 Å². The molecule has 0 aromatic rings. The van der Waals surface area contributed by atoms with Crippen molar-refractivity contribution in [1.82, 2.24) is 9.80 Å². The standard InChI is InChI=1S/C12H24N2O2/c1-9(2)5-6-14-10(3)7-13(4)11(8-15)12(14)16/h9-11,15H,5-8H2,1-4H3. The van der Waals surface area contributed by atoms with Gasteiger partial charge in [-0.15, -0.1) is 0 Å². The molecule has 0 aromatic carbocycles. The number of carbonyl (C=O) groups excluding carboxylic acids is 1. The monoisotopic (exact) mass is 228 g/mol. The number of carbonyl (C=O) groups is 1. The third kappa shape index (κ3) is 2.95. The van der Waals surface area contributed by atoms with Crippen molar-refractivity contribution in [2.75, 3.05) is 26.7 Å². The van der Waals surface area contributed by atoms with E-state index in [0.717, 1.165) is 19.5 Å². The van der Waals surface area contributed by atoms with Crippen LogP contribution in [0.2, 0.25) is 0 Å². The van der Waals surface area contributed by atoms with E-state index in [1.165, 1.54) is 0 Å². The number of aliphatic hydroxyl groups is 1. The Labute approximate surface area is 98.2 Å². The van der Waals surface area contributed by atoms with E-state index < -0.39 is 0 Å². The molecular formula is C12H24N2O2. The van der Waals surface area contributed by atoms with Crippen molar-refractivity contribution in [1.29, 1.82) is 0 Å². The molecule has 1 aliphatic rings. The number of hydrogen-bond donors (Lipinski definition) is 1. The Hall–Kier alpha value is -0.610. The number of amides is 1. The van der Waals surface area contributed by atoms with Gasteiger partial charge in [-0.3, -0.25) is 9.69 Å². The van der Waals surface area contributed by atoms with Crippen LogP contribution in [0.5, 0.6) is 0 Å². The Bertz CT molecular complexity index is 243. The molecule has 0 aromatic heterocycles. The van der Waals surface area contributed by atoms with Gasteiger partial charge in [-0.25, -0.2) is 0 Å². The minimum Gasteiger partial charge on any atom is -0.394 e. The molecule has 1 heterocycles. The third-order valence-corrected chi connectivity index (χ3v) is 3.30. The molecule has 0 aliphatic carbocycles. The zero-order valence-electron chi connectivity index (χ0n) is 10.8. The number of piperazine rings is 1. The Morgan fingerprint density at radius 1 is 1.50 bits per heavy atom. The van der Waals surface area contributed by atoms with Crippen LogP contribution < -0.4 is 0 Å². The lowest BCUT2D eigenvalue weighted by Gasteiger charge is -2.42. The highest BCUT2D eigenvalue weighted by Crippen LogP contribution is 2.16. The van der Waals surface area contributed by atoms with Crippen LogP contribution in [-0.2, 0) is 4.79 Å². The van der Waals surface area contributed by atoms with Crippen molar-refractivity contribution in [3.05, 3.63) is 0 Å². The minimum atomic E-state index is -0.344. The smallest absolute Gasteiger partial charge is 0.242 e. The highest BCUT2D eigenvalue weighted by Gasteiger charge is 2.35. The largest absolute Gasteiger partial charge is 0.394 e. The molecule has 2 atom stereocenters. The zero-order valence-corrected chi connectivity index (χ0v) is 10.8. The van der Waals surface area contributed by atoms with Crippen LogP contribution in [0.25, 0.3) is 0 Å². The molecule has 0 radical (unpaired) electrons. The van der Waals surface area contributed by atoms with E-state index in [0.29, 0.717) is 5.92 Å². The van der Waals surface area contributed by atoms with E-state index in [1.54, 1.807) is 0 Å². The zero-order chi connectivity index (χ0) is 12.3. The van der Waals surface area contributed by atoms with Gasteiger partial charge in [0, 0.05) is 19.1 Å². The Morgan fingerprint density at radius 2 is 2.12 bits per heavy atom. The SMILES string of the molecule is CC(C)CCN1C(=O)C(CO)N(C)CC1C. The second kappa shape index (κ2) is 5.64. The van der Waals surface area contributed by atoms with Crippen molar-refractivity contribution in [3.8, 4) is 0 Å². The summed E-state index contributed by atoms with van der Waals surface area (Å²) in [6, 6.07) is -0.0950. The molecule has 0 saturated carbocycles. The van der Waals surface area contributed by atoms with E-state index in [9.17, 15) is 9.90 Å². The summed E-state index contributed by atoms with van der Waals surface area (Å²) in [5, 5.41) is 9.22. The van der Waals surface area contributed by atoms with E-state index in [2.05, 4.69) is 20.8 Å². The summed E-state index contributed by atoms with van der Waals surface area (Å²) in [6.45, 7) is 7.96. The first-order valence-corrected chi connectivity index (χ1v) is 6.09. The molecule has 1 rings (SSSR count). The molecule has 0 spiro atoms. The highest BCUT2D eigenvalue weighted by atomic mass is 16.3. The summed E-state index contributed by atoms with van der Waals surface area (Å²) in [6.07, 6.45) is 1.03. The van der Waals surface area contributed by atoms with Crippen LogP contribution in [0.15, 0.2) is 0 Å². The first-order chi connectivity index (χ1) is 7.47. The summed E-state index contributed by atoms with van der Waals surface area (Å²) in [7, 11) is 1.90. The molecule has 1 aliphatic heterocycles. The first kappa shape index (κ1) is 13.5. The maximum Gasteiger partial charge on any atom is 0.242 e. The minimum absolute atomic E-state index is 0.0735. The Kier molecular flexibility index (Phi) is 4.74. The van der Waals surface area contributed by atoms with Gasteiger partial charge < -0.3 is 10.0 Å². The van der Waals surface area contributed by atoms with Gasteiger partial charge in [-0.2, -0.15) is 0 Å². The normalized spacial score (nSPS) is 27.9. The Balaban J connectivity index is 2.64. The van der Waals surface area contributed by atoms with Gasteiger partial charge in [-0.1, -0.05) is 13.8 Å². The fraction of sp³-hybridized carbons (Fsp3) is 0.917. The first-order valence-electron chi connectivity index (χ1n) is 6.09. The lowest BCUT2D eigenvalue weighted by molar-refractivity contribution is -0.146. The number of hydrogen-bond acceptors (Lipinski definition) is 3. The second-order valence-electron chi connectivity index (χ2n) is 5.20. The quantitative estimate of drug-likeness (QED) is 0.764. The molecule has 1 fully saturated rings.